The van der Waals surface area contributed by atoms with Gasteiger partial charge < -0.3 is 10.1 Å². The molecular weight excluding hydrogens is 481 g/mol. The molecule has 2 heterocycles. The first-order valence-electron chi connectivity index (χ1n) is 7.12. The van der Waals surface area contributed by atoms with Crippen LogP contribution in [0.25, 0.3) is 11.1 Å². The third kappa shape index (κ3) is 3.97. The lowest BCUT2D eigenvalue weighted by Gasteiger charge is -2.08. The summed E-state index contributed by atoms with van der Waals surface area (Å²) in [6, 6.07) is 8.49. The van der Waals surface area contributed by atoms with Crippen molar-refractivity contribution in [3.63, 3.8) is 0 Å². The van der Waals surface area contributed by atoms with Crippen molar-refractivity contribution in [2.75, 3.05) is 12.4 Å². The van der Waals surface area contributed by atoms with Gasteiger partial charge >= 0.3 is 5.97 Å². The zero-order valence-electron chi connectivity index (χ0n) is 13.1. The van der Waals surface area contributed by atoms with E-state index < -0.39 is 5.97 Å². The number of methoxy groups -OCH3 is 1. The second-order valence-corrected chi connectivity index (χ2v) is 9.21. The second-order valence-electron chi connectivity index (χ2n) is 5.03. The van der Waals surface area contributed by atoms with E-state index in [-0.39, 0.29) is 11.5 Å². The third-order valence-corrected chi connectivity index (χ3v) is 6.49. The van der Waals surface area contributed by atoms with Crippen LogP contribution >= 0.6 is 61.8 Å². The normalized spacial score (nSPS) is 10.6. The maximum atomic E-state index is 12.4. The minimum absolute atomic E-state index is 0.255. The molecule has 134 valence electrons. The smallest absolute Gasteiger partial charge is 0.341 e. The number of esters is 1. The summed E-state index contributed by atoms with van der Waals surface area (Å²) in [7, 11) is 1.29. The molecular formula is C17H10BrCl2NO3S2. The SMILES string of the molecule is COC(=O)c1c(-c2ccc(Cl)cc2Cl)csc1NC(=O)c1ccc(Br)s1. The van der Waals surface area contributed by atoms with Gasteiger partial charge in [-0.15, -0.1) is 22.7 Å². The van der Waals surface area contributed by atoms with Crippen molar-refractivity contribution in [3.8, 4) is 11.1 Å². The largest absolute Gasteiger partial charge is 0.465 e. The Kier molecular flexibility index (Phi) is 6.04. The summed E-state index contributed by atoms with van der Waals surface area (Å²) in [6.45, 7) is 0. The Morgan fingerprint density at radius 2 is 1.92 bits per heavy atom. The number of nitrogens with one attached hydrogen (secondary N) is 1. The van der Waals surface area contributed by atoms with Crippen LogP contribution in [-0.2, 0) is 4.74 Å². The fourth-order valence-corrected chi connectivity index (χ4v) is 5.00. The molecule has 2 aromatic heterocycles. The second kappa shape index (κ2) is 8.10. The number of ether oxygens (including phenoxy) is 1. The van der Waals surface area contributed by atoms with Gasteiger partial charge in [-0.3, -0.25) is 4.79 Å². The molecule has 1 amide bonds. The number of carbonyl (C=O) groups is 2. The van der Waals surface area contributed by atoms with Gasteiger partial charge in [-0.2, -0.15) is 0 Å². The first-order valence-corrected chi connectivity index (χ1v) is 10.4. The van der Waals surface area contributed by atoms with Crippen LogP contribution in [0.4, 0.5) is 5.00 Å². The van der Waals surface area contributed by atoms with Crippen LogP contribution < -0.4 is 5.32 Å². The minimum atomic E-state index is -0.560. The highest BCUT2D eigenvalue weighted by atomic mass is 79.9. The Hall–Kier alpha value is -1.38. The van der Waals surface area contributed by atoms with Gasteiger partial charge in [-0.05, 0) is 40.2 Å². The highest BCUT2D eigenvalue weighted by Gasteiger charge is 2.24. The molecule has 26 heavy (non-hydrogen) atoms. The Balaban J connectivity index is 2.02. The lowest BCUT2D eigenvalue weighted by Crippen LogP contribution is -2.13. The maximum absolute atomic E-state index is 12.4. The van der Waals surface area contributed by atoms with E-state index in [1.807, 2.05) is 0 Å². The Labute approximate surface area is 175 Å². The highest BCUT2D eigenvalue weighted by molar-refractivity contribution is 9.11. The van der Waals surface area contributed by atoms with Crippen molar-refractivity contribution < 1.29 is 14.3 Å². The van der Waals surface area contributed by atoms with Gasteiger partial charge in [0.25, 0.3) is 5.91 Å². The molecule has 1 N–H and O–H groups in total. The Morgan fingerprint density at radius 3 is 2.54 bits per heavy atom. The highest BCUT2D eigenvalue weighted by Crippen LogP contribution is 2.40. The number of halogens is 3. The molecule has 0 radical (unpaired) electrons. The summed E-state index contributed by atoms with van der Waals surface area (Å²) in [4.78, 5) is 25.3. The monoisotopic (exact) mass is 489 g/mol. The maximum Gasteiger partial charge on any atom is 0.341 e. The van der Waals surface area contributed by atoms with E-state index in [0.717, 1.165) is 3.79 Å². The van der Waals surface area contributed by atoms with Gasteiger partial charge in [0.1, 0.15) is 10.6 Å². The Bertz CT molecular complexity index is 1000. The Morgan fingerprint density at radius 1 is 1.15 bits per heavy atom. The van der Waals surface area contributed by atoms with E-state index in [1.165, 1.54) is 29.8 Å². The van der Waals surface area contributed by atoms with E-state index in [2.05, 4.69) is 21.2 Å². The van der Waals surface area contributed by atoms with Crippen LogP contribution in [0.15, 0.2) is 39.5 Å². The van der Waals surface area contributed by atoms with Gasteiger partial charge in [-0.1, -0.05) is 29.3 Å². The summed E-state index contributed by atoms with van der Waals surface area (Å²) in [5, 5.41) is 5.82. The molecule has 0 saturated carbocycles. The molecule has 0 saturated heterocycles. The number of thiophene rings is 2. The van der Waals surface area contributed by atoms with E-state index in [4.69, 9.17) is 27.9 Å². The third-order valence-electron chi connectivity index (χ3n) is 3.43. The van der Waals surface area contributed by atoms with Crippen molar-refractivity contribution in [3.05, 3.63) is 60.0 Å². The molecule has 0 aliphatic carbocycles. The number of rotatable bonds is 4. The molecule has 3 aromatic rings. The van der Waals surface area contributed by atoms with Crippen molar-refractivity contribution >= 4 is 78.7 Å². The number of amides is 1. The molecule has 0 bridgehead atoms. The zero-order chi connectivity index (χ0) is 18.8. The summed E-state index contributed by atoms with van der Waals surface area (Å²) in [6.07, 6.45) is 0. The zero-order valence-corrected chi connectivity index (χ0v) is 17.9. The van der Waals surface area contributed by atoms with Crippen molar-refractivity contribution in [2.45, 2.75) is 0 Å². The molecule has 0 fully saturated rings. The van der Waals surface area contributed by atoms with Gasteiger partial charge in [0.05, 0.1) is 15.8 Å². The van der Waals surface area contributed by atoms with E-state index in [9.17, 15) is 9.59 Å². The summed E-state index contributed by atoms with van der Waals surface area (Å²) in [5.74, 6) is -0.864. The van der Waals surface area contributed by atoms with Gasteiger partial charge in [0.15, 0.2) is 0 Å². The quantitative estimate of drug-likeness (QED) is 0.420. The average molecular weight is 491 g/mol. The van der Waals surface area contributed by atoms with Gasteiger partial charge in [-0.25, -0.2) is 4.79 Å². The minimum Gasteiger partial charge on any atom is -0.465 e. The van der Waals surface area contributed by atoms with Crippen LogP contribution in [0.1, 0.15) is 20.0 Å². The van der Waals surface area contributed by atoms with Gasteiger partial charge in [0.2, 0.25) is 0 Å². The summed E-state index contributed by atoms with van der Waals surface area (Å²) < 4.78 is 5.74. The van der Waals surface area contributed by atoms with Crippen molar-refractivity contribution in [1.82, 2.24) is 0 Å². The number of carbonyl (C=O) groups excluding carboxylic acids is 2. The van der Waals surface area contributed by atoms with Crippen molar-refractivity contribution in [2.24, 2.45) is 0 Å². The fourth-order valence-electron chi connectivity index (χ4n) is 2.26. The fraction of sp³-hybridized carbons (Fsp3) is 0.0588. The number of hydrogen-bond acceptors (Lipinski definition) is 5. The molecule has 1 aromatic carbocycles. The lowest BCUT2D eigenvalue weighted by atomic mass is 10.0. The predicted molar refractivity (Wildman–Crippen MR) is 111 cm³/mol. The van der Waals surface area contributed by atoms with Crippen LogP contribution in [0.3, 0.4) is 0 Å². The molecule has 9 heteroatoms. The predicted octanol–water partition coefficient (Wildman–Crippen LogP) is 6.58. The first-order chi connectivity index (χ1) is 12.4. The molecule has 0 spiro atoms. The van der Waals surface area contributed by atoms with E-state index >= 15 is 0 Å². The molecule has 3 rings (SSSR count). The molecule has 4 nitrogen and oxygen atoms in total. The van der Waals surface area contributed by atoms with Crippen LogP contribution in [0.2, 0.25) is 10.0 Å². The first kappa shape index (κ1) is 19.4. The van der Waals surface area contributed by atoms with Crippen molar-refractivity contribution in [1.29, 1.82) is 0 Å². The number of benzene rings is 1. The number of hydrogen-bond donors (Lipinski definition) is 1. The van der Waals surface area contributed by atoms with E-state index in [1.54, 1.807) is 35.7 Å². The van der Waals surface area contributed by atoms with E-state index in [0.29, 0.717) is 31.1 Å². The topological polar surface area (TPSA) is 55.4 Å². The number of anilines is 1. The van der Waals surface area contributed by atoms with Crippen LogP contribution in [0, 0.1) is 0 Å². The summed E-state index contributed by atoms with van der Waals surface area (Å²) in [5.41, 5.74) is 1.46. The van der Waals surface area contributed by atoms with Gasteiger partial charge in [0, 0.05) is 26.6 Å². The van der Waals surface area contributed by atoms with Crippen LogP contribution in [0.5, 0.6) is 0 Å². The standard InChI is InChI=1S/C17H10BrCl2NO3S2/c1-24-17(23)14-10(9-3-2-8(19)6-11(9)20)7-25-16(14)21-15(22)12-4-5-13(18)26-12/h2-7H,1H3,(H,21,22). The average Bonchev–Trinajstić information content (AvgIpc) is 3.21. The summed E-state index contributed by atoms with van der Waals surface area (Å²) >= 11 is 18.1. The lowest BCUT2D eigenvalue weighted by molar-refractivity contribution is 0.0603. The molecule has 0 atom stereocenters. The molecule has 0 aliphatic rings. The molecule has 0 aliphatic heterocycles. The van der Waals surface area contributed by atoms with Crippen LogP contribution in [-0.4, -0.2) is 19.0 Å². The molecule has 0 unspecified atom stereocenters.